The minimum atomic E-state index is -0.796. The molecule has 3 aromatic rings. The van der Waals surface area contributed by atoms with Crippen molar-refractivity contribution in [1.29, 1.82) is 0 Å². The van der Waals surface area contributed by atoms with Crippen LogP contribution in [0.1, 0.15) is 143 Å². The van der Waals surface area contributed by atoms with Gasteiger partial charge in [0.2, 0.25) is 11.8 Å². The second-order valence-corrected chi connectivity index (χ2v) is 19.3. The Morgan fingerprint density at radius 3 is 1.07 bits per heavy atom. The summed E-state index contributed by atoms with van der Waals surface area (Å²) in [5, 5.41) is 10.4. The van der Waals surface area contributed by atoms with Crippen molar-refractivity contribution in [2.24, 2.45) is 11.8 Å². The molecule has 0 aromatic heterocycles. The lowest BCUT2D eigenvalue weighted by atomic mass is 9.92. The van der Waals surface area contributed by atoms with Crippen molar-refractivity contribution in [2.45, 2.75) is 136 Å². The van der Waals surface area contributed by atoms with Crippen LogP contribution in [0.4, 0.5) is 0 Å². The first-order valence-electron chi connectivity index (χ1n) is 27.5. The number of ether oxygens (including phenoxy) is 6. The summed E-state index contributed by atoms with van der Waals surface area (Å²) >= 11 is 0. The Balaban J connectivity index is 0.00000117. The van der Waals surface area contributed by atoms with Crippen LogP contribution in [0.2, 0.25) is 0 Å². The van der Waals surface area contributed by atoms with Crippen LogP contribution < -0.4 is 21.3 Å². The van der Waals surface area contributed by atoms with Gasteiger partial charge in [-0.3, -0.25) is 33.6 Å². The first kappa shape index (κ1) is 76.2. The van der Waals surface area contributed by atoms with E-state index < -0.39 is 71.8 Å². The molecular formula is C63H86N4O18. The van der Waals surface area contributed by atoms with Crippen LogP contribution in [-0.4, -0.2) is 138 Å². The minimum Gasteiger partial charge on any atom is -0.469 e. The second-order valence-electron chi connectivity index (χ2n) is 19.3. The number of carbonyl (C=O) groups excluding carboxylic acids is 12. The number of ketones is 2. The number of Topliss-reactive ketones (excluding diaryl/α,β-unsaturated/α-hetero) is 2. The molecule has 4 N–H and O–H groups in total. The molecule has 0 saturated heterocycles. The zero-order chi connectivity index (χ0) is 64.3. The molecule has 0 bridgehead atoms. The summed E-state index contributed by atoms with van der Waals surface area (Å²) < 4.78 is 28.1. The zero-order valence-electron chi connectivity index (χ0n) is 50.8. The van der Waals surface area contributed by atoms with E-state index in [1.54, 1.807) is 84.9 Å². The van der Waals surface area contributed by atoms with Gasteiger partial charge in [-0.15, -0.1) is 6.58 Å². The molecule has 0 fully saturated rings. The molecule has 0 spiro atoms. The maximum Gasteiger partial charge on any atom is 0.328 e. The summed E-state index contributed by atoms with van der Waals surface area (Å²) in [6.45, 7) is 11.5. The molecule has 22 nitrogen and oxygen atoms in total. The minimum absolute atomic E-state index is 0.0574. The van der Waals surface area contributed by atoms with Crippen molar-refractivity contribution in [3.8, 4) is 0 Å². The van der Waals surface area contributed by atoms with E-state index in [9.17, 15) is 57.5 Å². The standard InChI is InChI=1S/C25H29NO6.C15H25NO6.C13H15NO3.C10H17NO3/c1-31-24(29)20(17-22(27)18-11-5-3-6-12-18)15-9-10-16-21(25(30)32-2)26-23(28)19-13-7-4-8-14-19;1-10(17)9-12(14(19)21-3)7-5-6-8-13(15(20)22-4)16-11(2)18;1-3-7-11(13(16)17-2)14-12(15)10-8-5-4-6-9-10;1-7(2)5-6-9(10(13)14-4)11-8(3)12/h3-8,11-14,20-21H,9-10,15-17H2,1-2H3,(H,26,28);12-13H,5-9H2,1-4H3,(H,16,18);3-6,8-9,11H,1,7H2,2H3,(H,14,15);5,9H,6H2,1-4H3,(H,11,12)/t20-,21+;12-,13+;11-;9-/m1100/s1. The number of rotatable bonds is 31. The third-order valence-electron chi connectivity index (χ3n) is 12.3. The maximum atomic E-state index is 12.5. The van der Waals surface area contributed by atoms with Gasteiger partial charge in [-0.25, -0.2) is 19.2 Å². The molecule has 0 saturated carbocycles. The lowest BCUT2D eigenvalue weighted by Crippen LogP contribution is -2.41. The summed E-state index contributed by atoms with van der Waals surface area (Å²) in [5.74, 6) is -5.18. The van der Waals surface area contributed by atoms with Gasteiger partial charge in [0.1, 0.15) is 30.0 Å². The fourth-order valence-electron chi connectivity index (χ4n) is 7.90. The predicted octanol–water partition coefficient (Wildman–Crippen LogP) is 7.13. The third-order valence-corrected chi connectivity index (χ3v) is 12.3. The number of esters is 6. The van der Waals surface area contributed by atoms with E-state index >= 15 is 0 Å². The van der Waals surface area contributed by atoms with Crippen LogP contribution in [0.3, 0.4) is 0 Å². The molecule has 4 amide bonds. The van der Waals surface area contributed by atoms with Crippen LogP contribution >= 0.6 is 0 Å². The van der Waals surface area contributed by atoms with Crippen LogP contribution in [0, 0.1) is 11.8 Å². The van der Waals surface area contributed by atoms with Gasteiger partial charge < -0.3 is 54.5 Å². The van der Waals surface area contributed by atoms with Gasteiger partial charge in [0.15, 0.2) is 5.78 Å². The Hall–Kier alpha value is -8.82. The van der Waals surface area contributed by atoms with Crippen molar-refractivity contribution in [1.82, 2.24) is 21.3 Å². The number of carbonyl (C=O) groups is 12. The molecule has 3 aromatic carbocycles. The average Bonchev–Trinajstić information content (AvgIpc) is 3.62. The molecule has 6 atom stereocenters. The number of hydrogen-bond acceptors (Lipinski definition) is 18. The van der Waals surface area contributed by atoms with Gasteiger partial charge in [-0.1, -0.05) is 110 Å². The first-order valence-corrected chi connectivity index (χ1v) is 27.5. The molecule has 22 heteroatoms. The van der Waals surface area contributed by atoms with E-state index in [-0.39, 0.29) is 48.0 Å². The number of methoxy groups -OCH3 is 6. The monoisotopic (exact) mass is 1190 g/mol. The summed E-state index contributed by atoms with van der Waals surface area (Å²) in [4.78, 5) is 140. The number of hydrogen-bond donors (Lipinski definition) is 4. The van der Waals surface area contributed by atoms with E-state index in [1.165, 1.54) is 63.4 Å². The summed E-state index contributed by atoms with van der Waals surface area (Å²) in [6, 6.07) is 23.4. The highest BCUT2D eigenvalue weighted by molar-refractivity contribution is 5.99. The maximum absolute atomic E-state index is 12.5. The second kappa shape index (κ2) is 44.7. The normalized spacial score (nSPS) is 12.1. The highest BCUT2D eigenvalue weighted by Crippen LogP contribution is 2.20. The zero-order valence-corrected chi connectivity index (χ0v) is 50.8. The van der Waals surface area contributed by atoms with Crippen LogP contribution in [0.25, 0.3) is 0 Å². The van der Waals surface area contributed by atoms with Gasteiger partial charge in [0, 0.05) is 43.4 Å². The molecule has 0 aliphatic heterocycles. The van der Waals surface area contributed by atoms with E-state index in [0.29, 0.717) is 80.9 Å². The first-order chi connectivity index (χ1) is 40.4. The van der Waals surface area contributed by atoms with E-state index in [0.717, 1.165) is 5.57 Å². The molecule has 466 valence electrons. The van der Waals surface area contributed by atoms with Gasteiger partial charge >= 0.3 is 35.8 Å². The topological polar surface area (TPSA) is 308 Å². The summed E-state index contributed by atoms with van der Waals surface area (Å²) in [7, 11) is 7.71. The Morgan fingerprint density at radius 2 is 0.718 bits per heavy atom. The van der Waals surface area contributed by atoms with E-state index in [1.807, 2.05) is 32.1 Å². The number of nitrogens with one attached hydrogen (secondary N) is 4. The fourth-order valence-corrected chi connectivity index (χ4v) is 7.90. The molecule has 0 aliphatic rings. The van der Waals surface area contributed by atoms with Crippen molar-refractivity contribution < 1.29 is 86.0 Å². The molecule has 0 heterocycles. The highest BCUT2D eigenvalue weighted by atomic mass is 16.5. The smallest absolute Gasteiger partial charge is 0.328 e. The lowest BCUT2D eigenvalue weighted by molar-refractivity contribution is -0.147. The highest BCUT2D eigenvalue weighted by Gasteiger charge is 2.27. The Morgan fingerprint density at radius 1 is 0.400 bits per heavy atom. The SMILES string of the molecule is C=CC[C@H](NC(=O)c1ccccc1)C(=O)OC.COC(=O)[C@H](CC=C(C)C)NC(C)=O.COC(=O)[C@H](CCCC[C@H](NC(=O)c1ccccc1)C(=O)OC)CC(=O)c1ccccc1.COC(=O)[C@H](CCCC[C@H](NC(C)=O)C(=O)OC)CC(C)=O. The Labute approximate surface area is 498 Å². The number of allylic oxidation sites excluding steroid dienone is 1. The third kappa shape index (κ3) is 33.8. The Bertz CT molecular complexity index is 2510. The van der Waals surface area contributed by atoms with Gasteiger partial charge in [-0.05, 0) is 83.6 Å². The molecule has 0 radical (unpaired) electrons. The molecular weight excluding hydrogens is 1100 g/mol. The largest absolute Gasteiger partial charge is 0.469 e. The number of benzene rings is 3. The van der Waals surface area contributed by atoms with Crippen molar-refractivity contribution in [2.75, 3.05) is 42.7 Å². The van der Waals surface area contributed by atoms with Gasteiger partial charge in [0.25, 0.3) is 11.8 Å². The van der Waals surface area contributed by atoms with Crippen molar-refractivity contribution in [3.63, 3.8) is 0 Å². The summed E-state index contributed by atoms with van der Waals surface area (Å²) in [6.07, 6.45) is 8.56. The van der Waals surface area contributed by atoms with Crippen LogP contribution in [0.5, 0.6) is 0 Å². The summed E-state index contributed by atoms with van der Waals surface area (Å²) in [5.41, 5.74) is 2.61. The molecule has 0 aliphatic carbocycles. The van der Waals surface area contributed by atoms with Gasteiger partial charge in [-0.2, -0.15) is 0 Å². The fraction of sp³-hybridized carbons (Fsp3) is 0.460. The molecule has 3 rings (SSSR count). The predicted molar refractivity (Wildman–Crippen MR) is 316 cm³/mol. The van der Waals surface area contributed by atoms with E-state index in [4.69, 9.17) is 9.47 Å². The van der Waals surface area contributed by atoms with Crippen molar-refractivity contribution in [3.05, 3.63) is 132 Å². The average molecular weight is 1190 g/mol. The van der Waals surface area contributed by atoms with Gasteiger partial charge in [0.05, 0.1) is 54.5 Å². The molecule has 0 unspecified atom stereocenters. The van der Waals surface area contributed by atoms with Crippen LogP contribution in [-0.2, 0) is 71.6 Å². The Kier molecular flexibility index (Phi) is 40.1. The van der Waals surface area contributed by atoms with E-state index in [2.05, 4.69) is 46.8 Å². The van der Waals surface area contributed by atoms with Crippen molar-refractivity contribution >= 4 is 71.0 Å². The molecule has 85 heavy (non-hydrogen) atoms. The van der Waals surface area contributed by atoms with Crippen LogP contribution in [0.15, 0.2) is 115 Å². The quantitative estimate of drug-likeness (QED) is 0.0164. The number of amides is 4. The number of unbranched alkanes of at least 4 members (excludes halogenated alkanes) is 2. The lowest BCUT2D eigenvalue weighted by Gasteiger charge is -2.18.